The van der Waals surface area contributed by atoms with Gasteiger partial charge in [-0.15, -0.1) is 0 Å². The van der Waals surface area contributed by atoms with Crippen LogP contribution in [0.25, 0.3) is 0 Å². The van der Waals surface area contributed by atoms with Crippen LogP contribution in [-0.2, 0) is 4.74 Å². The maximum absolute atomic E-state index is 12.4. The Kier molecular flexibility index (Phi) is 8.65. The van der Waals surface area contributed by atoms with Crippen molar-refractivity contribution in [1.82, 2.24) is 15.1 Å². The number of piperidine rings is 2. The SMILES string of the molecule is CN=C(NCCC1CCCN(C(=O)OC(C)(C)C)C1)N1CCC(Oc2ccccc2)CC1. The van der Waals surface area contributed by atoms with E-state index in [4.69, 9.17) is 9.47 Å². The minimum Gasteiger partial charge on any atom is -0.490 e. The first-order valence-electron chi connectivity index (χ1n) is 12.0. The summed E-state index contributed by atoms with van der Waals surface area (Å²) in [5.41, 5.74) is -0.447. The first kappa shape index (κ1) is 24.2. The highest BCUT2D eigenvalue weighted by Gasteiger charge is 2.28. The van der Waals surface area contributed by atoms with Crippen molar-refractivity contribution in [3.8, 4) is 5.75 Å². The lowest BCUT2D eigenvalue weighted by atomic mass is 9.95. The number of amides is 1. The third-order valence-corrected chi connectivity index (χ3v) is 6.01. The summed E-state index contributed by atoms with van der Waals surface area (Å²) in [7, 11) is 1.85. The zero-order valence-electron chi connectivity index (χ0n) is 20.2. The molecule has 2 aliphatic rings. The highest BCUT2D eigenvalue weighted by atomic mass is 16.6. The second-order valence-corrected chi connectivity index (χ2v) is 9.81. The van der Waals surface area contributed by atoms with Crippen LogP contribution >= 0.6 is 0 Å². The molecule has 1 aromatic rings. The summed E-state index contributed by atoms with van der Waals surface area (Å²) in [6.45, 7) is 10.0. The van der Waals surface area contributed by atoms with E-state index in [1.807, 2.05) is 63.1 Å². The molecule has 1 atom stereocenters. The van der Waals surface area contributed by atoms with Gasteiger partial charge in [-0.1, -0.05) is 18.2 Å². The van der Waals surface area contributed by atoms with E-state index in [0.29, 0.717) is 5.92 Å². The second kappa shape index (κ2) is 11.4. The molecule has 0 bridgehead atoms. The average molecular weight is 445 g/mol. The number of carbonyl (C=O) groups excluding carboxylic acids is 1. The Labute approximate surface area is 193 Å². The molecule has 7 nitrogen and oxygen atoms in total. The van der Waals surface area contributed by atoms with Crippen molar-refractivity contribution < 1.29 is 14.3 Å². The molecule has 178 valence electrons. The van der Waals surface area contributed by atoms with Crippen LogP contribution in [0.4, 0.5) is 4.79 Å². The van der Waals surface area contributed by atoms with Crippen LogP contribution in [0.2, 0.25) is 0 Å². The molecule has 0 spiro atoms. The molecule has 2 heterocycles. The summed E-state index contributed by atoms with van der Waals surface area (Å²) >= 11 is 0. The predicted molar refractivity (Wildman–Crippen MR) is 128 cm³/mol. The first-order chi connectivity index (χ1) is 15.3. The summed E-state index contributed by atoms with van der Waals surface area (Å²) in [6.07, 6.45) is 5.26. The maximum atomic E-state index is 12.4. The lowest BCUT2D eigenvalue weighted by Crippen LogP contribution is -2.48. The van der Waals surface area contributed by atoms with Gasteiger partial charge in [0, 0.05) is 52.6 Å². The number of nitrogens with zero attached hydrogens (tertiary/aromatic N) is 3. The molecule has 2 fully saturated rings. The molecule has 1 amide bonds. The van der Waals surface area contributed by atoms with Gasteiger partial charge in [-0.3, -0.25) is 4.99 Å². The molecule has 1 unspecified atom stereocenters. The summed E-state index contributed by atoms with van der Waals surface area (Å²) in [4.78, 5) is 21.1. The molecule has 2 aliphatic heterocycles. The van der Waals surface area contributed by atoms with E-state index in [0.717, 1.165) is 76.5 Å². The summed E-state index contributed by atoms with van der Waals surface area (Å²) < 4.78 is 11.7. The Hall–Kier alpha value is -2.44. The van der Waals surface area contributed by atoms with Gasteiger partial charge in [-0.05, 0) is 58.1 Å². The van der Waals surface area contributed by atoms with Crippen LogP contribution in [0.15, 0.2) is 35.3 Å². The number of hydrogen-bond acceptors (Lipinski definition) is 4. The van der Waals surface area contributed by atoms with Gasteiger partial charge >= 0.3 is 6.09 Å². The Morgan fingerprint density at radius 3 is 2.47 bits per heavy atom. The van der Waals surface area contributed by atoms with Gasteiger partial charge < -0.3 is 24.6 Å². The van der Waals surface area contributed by atoms with E-state index in [1.165, 1.54) is 0 Å². The minimum absolute atomic E-state index is 0.188. The van der Waals surface area contributed by atoms with Gasteiger partial charge in [0.1, 0.15) is 17.5 Å². The average Bonchev–Trinajstić information content (AvgIpc) is 2.77. The van der Waals surface area contributed by atoms with Crippen molar-refractivity contribution >= 4 is 12.1 Å². The van der Waals surface area contributed by atoms with E-state index >= 15 is 0 Å². The van der Waals surface area contributed by atoms with Crippen molar-refractivity contribution in [2.75, 3.05) is 39.8 Å². The number of guanidine groups is 1. The minimum atomic E-state index is -0.447. The van der Waals surface area contributed by atoms with Crippen LogP contribution < -0.4 is 10.1 Å². The number of ether oxygens (including phenoxy) is 2. The molecule has 7 heteroatoms. The Morgan fingerprint density at radius 1 is 1.09 bits per heavy atom. The smallest absolute Gasteiger partial charge is 0.410 e. The van der Waals surface area contributed by atoms with Crippen LogP contribution in [0.3, 0.4) is 0 Å². The Morgan fingerprint density at radius 2 is 1.81 bits per heavy atom. The molecule has 3 rings (SSSR count). The number of benzene rings is 1. The Bertz CT molecular complexity index is 739. The largest absolute Gasteiger partial charge is 0.490 e. The van der Waals surface area contributed by atoms with Crippen LogP contribution in [0.5, 0.6) is 5.75 Å². The van der Waals surface area contributed by atoms with Crippen molar-refractivity contribution in [3.05, 3.63) is 30.3 Å². The second-order valence-electron chi connectivity index (χ2n) is 9.81. The van der Waals surface area contributed by atoms with Crippen molar-refractivity contribution in [2.24, 2.45) is 10.9 Å². The fraction of sp³-hybridized carbons (Fsp3) is 0.680. The van der Waals surface area contributed by atoms with E-state index in [1.54, 1.807) is 0 Å². The number of carbonyl (C=O) groups is 1. The topological polar surface area (TPSA) is 66.4 Å². The van der Waals surface area contributed by atoms with Crippen LogP contribution in [0, 0.1) is 5.92 Å². The molecule has 1 N–H and O–H groups in total. The van der Waals surface area contributed by atoms with Crippen molar-refractivity contribution in [1.29, 1.82) is 0 Å². The fourth-order valence-electron chi connectivity index (χ4n) is 4.39. The normalized spacial score (nSPS) is 20.8. The van der Waals surface area contributed by atoms with E-state index in [9.17, 15) is 4.79 Å². The molecule has 0 saturated carbocycles. The molecule has 1 aromatic carbocycles. The molecule has 0 aromatic heterocycles. The van der Waals surface area contributed by atoms with Gasteiger partial charge in [0.25, 0.3) is 0 Å². The van der Waals surface area contributed by atoms with Crippen molar-refractivity contribution in [3.63, 3.8) is 0 Å². The lowest BCUT2D eigenvalue weighted by Gasteiger charge is -2.35. The number of para-hydroxylation sites is 1. The fourth-order valence-corrected chi connectivity index (χ4v) is 4.39. The summed E-state index contributed by atoms with van der Waals surface area (Å²) in [6, 6.07) is 10.1. The van der Waals surface area contributed by atoms with E-state index in [2.05, 4.69) is 15.2 Å². The molecule has 0 aliphatic carbocycles. The number of likely N-dealkylation sites (tertiary alicyclic amines) is 2. The molecular weight excluding hydrogens is 404 g/mol. The molecule has 32 heavy (non-hydrogen) atoms. The van der Waals surface area contributed by atoms with E-state index < -0.39 is 5.60 Å². The maximum Gasteiger partial charge on any atom is 0.410 e. The van der Waals surface area contributed by atoms with Gasteiger partial charge in [0.15, 0.2) is 5.96 Å². The first-order valence-corrected chi connectivity index (χ1v) is 12.0. The number of nitrogens with one attached hydrogen (secondary N) is 1. The zero-order chi connectivity index (χ0) is 23.0. The standard InChI is InChI=1S/C25H40N4O3/c1-25(2,3)32-24(30)29-16-8-9-20(19-29)12-15-27-23(26-4)28-17-13-22(14-18-28)31-21-10-6-5-7-11-21/h5-7,10-11,20,22H,8-9,12-19H2,1-4H3,(H,26,27). The van der Waals surface area contributed by atoms with Gasteiger partial charge in [0.2, 0.25) is 0 Å². The molecule has 0 radical (unpaired) electrons. The van der Waals surface area contributed by atoms with Crippen molar-refractivity contribution in [2.45, 2.75) is 64.6 Å². The van der Waals surface area contributed by atoms with Gasteiger partial charge in [0.05, 0.1) is 0 Å². The lowest BCUT2D eigenvalue weighted by molar-refractivity contribution is 0.0162. The monoisotopic (exact) mass is 444 g/mol. The van der Waals surface area contributed by atoms with Gasteiger partial charge in [-0.25, -0.2) is 4.79 Å². The highest BCUT2D eigenvalue weighted by molar-refractivity contribution is 5.79. The summed E-state index contributed by atoms with van der Waals surface area (Å²) in [5, 5.41) is 3.53. The predicted octanol–water partition coefficient (Wildman–Crippen LogP) is 4.14. The zero-order valence-corrected chi connectivity index (χ0v) is 20.2. The van der Waals surface area contributed by atoms with Crippen LogP contribution in [0.1, 0.15) is 52.9 Å². The number of aliphatic imine (C=N–C) groups is 1. The van der Waals surface area contributed by atoms with E-state index in [-0.39, 0.29) is 12.2 Å². The van der Waals surface area contributed by atoms with Crippen LogP contribution in [-0.4, -0.2) is 73.3 Å². The summed E-state index contributed by atoms with van der Waals surface area (Å²) in [5.74, 6) is 2.40. The highest BCUT2D eigenvalue weighted by Crippen LogP contribution is 2.22. The quantitative estimate of drug-likeness (QED) is 0.546. The number of rotatable bonds is 5. The Balaban J connectivity index is 1.38. The molecule has 2 saturated heterocycles. The third kappa shape index (κ3) is 7.61. The van der Waals surface area contributed by atoms with Gasteiger partial charge in [-0.2, -0.15) is 0 Å². The number of hydrogen-bond donors (Lipinski definition) is 1. The third-order valence-electron chi connectivity index (χ3n) is 6.01. The molecular formula is C25H40N4O3.